The Morgan fingerprint density at radius 2 is 1.90 bits per heavy atom. The quantitative estimate of drug-likeness (QED) is 0.678. The molecular formula is C18H38N2. The zero-order chi connectivity index (χ0) is 15.0. The molecule has 1 saturated heterocycles. The van der Waals surface area contributed by atoms with E-state index < -0.39 is 0 Å². The summed E-state index contributed by atoms with van der Waals surface area (Å²) in [5.41, 5.74) is 0. The van der Waals surface area contributed by atoms with Crippen molar-refractivity contribution in [2.75, 3.05) is 19.6 Å². The molecule has 3 atom stereocenters. The van der Waals surface area contributed by atoms with E-state index in [4.69, 9.17) is 0 Å². The Morgan fingerprint density at radius 1 is 1.15 bits per heavy atom. The second-order valence-electron chi connectivity index (χ2n) is 7.07. The maximum atomic E-state index is 3.78. The van der Waals surface area contributed by atoms with Gasteiger partial charge in [0.25, 0.3) is 0 Å². The minimum atomic E-state index is 0.687. The number of unbranched alkanes of at least 4 members (excludes halogenated alkanes) is 1. The van der Waals surface area contributed by atoms with Crippen LogP contribution in [-0.4, -0.2) is 36.6 Å². The van der Waals surface area contributed by atoms with Crippen molar-refractivity contribution >= 4 is 0 Å². The fourth-order valence-corrected chi connectivity index (χ4v) is 3.42. The Hall–Kier alpha value is -0.0800. The van der Waals surface area contributed by atoms with Crippen molar-refractivity contribution in [1.29, 1.82) is 0 Å². The molecule has 1 aliphatic heterocycles. The molecule has 1 heterocycles. The molecule has 0 aromatic heterocycles. The molecule has 0 spiro atoms. The van der Waals surface area contributed by atoms with E-state index in [0.717, 1.165) is 17.9 Å². The first-order chi connectivity index (χ1) is 9.62. The molecule has 1 aliphatic rings. The summed E-state index contributed by atoms with van der Waals surface area (Å²) in [6, 6.07) is 1.46. The molecule has 0 aliphatic carbocycles. The number of nitrogens with one attached hydrogen (secondary N) is 1. The maximum Gasteiger partial charge on any atom is 0.0221 e. The fourth-order valence-electron chi connectivity index (χ4n) is 3.42. The van der Waals surface area contributed by atoms with Crippen LogP contribution in [0.15, 0.2) is 0 Å². The third-order valence-corrected chi connectivity index (χ3v) is 5.03. The molecule has 0 amide bonds. The van der Waals surface area contributed by atoms with Crippen molar-refractivity contribution < 1.29 is 0 Å². The summed E-state index contributed by atoms with van der Waals surface area (Å²) in [6.45, 7) is 15.5. The molecule has 0 aromatic carbocycles. The van der Waals surface area contributed by atoms with Crippen molar-refractivity contribution in [2.45, 2.75) is 85.2 Å². The number of rotatable bonds is 9. The normalized spacial score (nSPS) is 26.1. The smallest absolute Gasteiger partial charge is 0.0221 e. The Balaban J connectivity index is 2.57. The lowest BCUT2D eigenvalue weighted by Crippen LogP contribution is -2.58. The summed E-state index contributed by atoms with van der Waals surface area (Å²) in [5, 5.41) is 3.78. The third-order valence-electron chi connectivity index (χ3n) is 5.03. The van der Waals surface area contributed by atoms with Crippen LogP contribution in [0.4, 0.5) is 0 Å². The highest BCUT2D eigenvalue weighted by atomic mass is 15.2. The summed E-state index contributed by atoms with van der Waals surface area (Å²) in [6.07, 6.45) is 8.15. The van der Waals surface area contributed by atoms with Crippen molar-refractivity contribution in [1.82, 2.24) is 10.2 Å². The molecule has 2 nitrogen and oxygen atoms in total. The first-order valence-electron chi connectivity index (χ1n) is 9.09. The number of piperazine rings is 1. The summed E-state index contributed by atoms with van der Waals surface area (Å²) < 4.78 is 0. The molecule has 2 heteroatoms. The predicted octanol–water partition coefficient (Wildman–Crippen LogP) is 4.30. The van der Waals surface area contributed by atoms with Crippen molar-refractivity contribution in [3.8, 4) is 0 Å². The van der Waals surface area contributed by atoms with E-state index >= 15 is 0 Å². The van der Waals surface area contributed by atoms with Crippen LogP contribution in [0.5, 0.6) is 0 Å². The highest BCUT2D eigenvalue weighted by molar-refractivity contribution is 4.88. The average Bonchev–Trinajstić information content (AvgIpc) is 2.44. The van der Waals surface area contributed by atoms with Gasteiger partial charge in [-0.2, -0.15) is 0 Å². The lowest BCUT2D eigenvalue weighted by molar-refractivity contribution is 0.0866. The molecular weight excluding hydrogens is 244 g/mol. The van der Waals surface area contributed by atoms with Gasteiger partial charge in [-0.1, -0.05) is 60.3 Å². The van der Waals surface area contributed by atoms with Gasteiger partial charge in [0.1, 0.15) is 0 Å². The third kappa shape index (κ3) is 5.73. The summed E-state index contributed by atoms with van der Waals surface area (Å²) in [5.74, 6) is 1.65. The van der Waals surface area contributed by atoms with Crippen molar-refractivity contribution in [3.05, 3.63) is 0 Å². The van der Waals surface area contributed by atoms with Gasteiger partial charge in [0.15, 0.2) is 0 Å². The number of nitrogens with zero attached hydrogens (tertiary/aromatic N) is 1. The second-order valence-corrected chi connectivity index (χ2v) is 7.07. The first-order valence-corrected chi connectivity index (χ1v) is 9.09. The van der Waals surface area contributed by atoms with Gasteiger partial charge < -0.3 is 5.32 Å². The average molecular weight is 283 g/mol. The molecule has 0 aromatic rings. The Kier molecular flexibility index (Phi) is 8.79. The Labute approximate surface area is 127 Å². The van der Waals surface area contributed by atoms with Gasteiger partial charge in [0.05, 0.1) is 0 Å². The Bertz CT molecular complexity index is 240. The van der Waals surface area contributed by atoms with E-state index in [0.29, 0.717) is 6.04 Å². The van der Waals surface area contributed by atoms with Crippen molar-refractivity contribution in [3.63, 3.8) is 0 Å². The molecule has 120 valence electrons. The lowest BCUT2D eigenvalue weighted by Gasteiger charge is -2.43. The Morgan fingerprint density at radius 3 is 2.45 bits per heavy atom. The van der Waals surface area contributed by atoms with E-state index in [9.17, 15) is 0 Å². The lowest BCUT2D eigenvalue weighted by atomic mass is 9.93. The zero-order valence-electron chi connectivity index (χ0n) is 14.6. The van der Waals surface area contributed by atoms with Crippen LogP contribution >= 0.6 is 0 Å². The highest BCUT2D eigenvalue weighted by Crippen LogP contribution is 2.21. The monoisotopic (exact) mass is 282 g/mol. The zero-order valence-corrected chi connectivity index (χ0v) is 14.6. The molecule has 3 unspecified atom stereocenters. The topological polar surface area (TPSA) is 15.3 Å². The number of hydrogen-bond donors (Lipinski definition) is 1. The van der Waals surface area contributed by atoms with Gasteiger partial charge in [-0.25, -0.2) is 0 Å². The van der Waals surface area contributed by atoms with Crippen LogP contribution in [0, 0.1) is 11.8 Å². The maximum absolute atomic E-state index is 3.78. The standard InChI is InChI=1S/C18H38N2/c1-6-9-11-16(8-3)13-20-14-18(15(4)5)19-12-17(20)10-7-2/h15-19H,6-14H2,1-5H3. The van der Waals surface area contributed by atoms with E-state index in [-0.39, 0.29) is 0 Å². The molecule has 0 bridgehead atoms. The minimum Gasteiger partial charge on any atom is -0.311 e. The van der Waals surface area contributed by atoms with Gasteiger partial charge >= 0.3 is 0 Å². The molecule has 20 heavy (non-hydrogen) atoms. The van der Waals surface area contributed by atoms with Crippen molar-refractivity contribution in [2.24, 2.45) is 11.8 Å². The summed E-state index contributed by atoms with van der Waals surface area (Å²) in [4.78, 5) is 2.81. The SMILES string of the molecule is CCCCC(CC)CN1CC(C(C)C)NCC1CCC. The van der Waals surface area contributed by atoms with Gasteiger partial charge in [-0.05, 0) is 24.7 Å². The van der Waals surface area contributed by atoms with E-state index in [1.165, 1.54) is 58.2 Å². The fraction of sp³-hybridized carbons (Fsp3) is 1.00. The van der Waals surface area contributed by atoms with Crippen LogP contribution in [-0.2, 0) is 0 Å². The van der Waals surface area contributed by atoms with Gasteiger partial charge in [-0.15, -0.1) is 0 Å². The molecule has 1 rings (SSSR count). The van der Waals surface area contributed by atoms with Gasteiger partial charge in [0, 0.05) is 31.7 Å². The van der Waals surface area contributed by atoms with Crippen LogP contribution in [0.1, 0.15) is 73.1 Å². The van der Waals surface area contributed by atoms with Crippen LogP contribution in [0.2, 0.25) is 0 Å². The van der Waals surface area contributed by atoms with E-state index in [1.54, 1.807) is 0 Å². The van der Waals surface area contributed by atoms with Gasteiger partial charge in [0.2, 0.25) is 0 Å². The van der Waals surface area contributed by atoms with E-state index in [2.05, 4.69) is 44.8 Å². The molecule has 1 fully saturated rings. The van der Waals surface area contributed by atoms with Crippen LogP contribution < -0.4 is 5.32 Å². The molecule has 0 radical (unpaired) electrons. The summed E-state index contributed by atoms with van der Waals surface area (Å²) in [7, 11) is 0. The highest BCUT2D eigenvalue weighted by Gasteiger charge is 2.29. The predicted molar refractivity (Wildman–Crippen MR) is 90.2 cm³/mol. The minimum absolute atomic E-state index is 0.687. The van der Waals surface area contributed by atoms with E-state index in [1.807, 2.05) is 0 Å². The summed E-state index contributed by atoms with van der Waals surface area (Å²) >= 11 is 0. The molecule has 1 N–H and O–H groups in total. The van der Waals surface area contributed by atoms with Crippen LogP contribution in [0.3, 0.4) is 0 Å². The number of hydrogen-bond acceptors (Lipinski definition) is 2. The largest absolute Gasteiger partial charge is 0.311 e. The van der Waals surface area contributed by atoms with Gasteiger partial charge in [-0.3, -0.25) is 4.90 Å². The first kappa shape index (κ1) is 18.0. The van der Waals surface area contributed by atoms with Crippen LogP contribution in [0.25, 0.3) is 0 Å². The molecule has 0 saturated carbocycles. The second kappa shape index (κ2) is 9.78.